The molecule has 0 aromatic heterocycles. The highest BCUT2D eigenvalue weighted by atomic mass is 32.2. The molecule has 1 saturated heterocycles. The second-order valence-corrected chi connectivity index (χ2v) is 5.39. The van der Waals surface area contributed by atoms with E-state index in [4.69, 9.17) is 0 Å². The molecular formula is C10H20S. The van der Waals surface area contributed by atoms with Crippen molar-refractivity contribution in [2.24, 2.45) is 0 Å². The molecule has 11 heavy (non-hydrogen) atoms. The Morgan fingerprint density at radius 1 is 1.27 bits per heavy atom. The maximum atomic E-state index is 2.37. The molecule has 1 heterocycles. The van der Waals surface area contributed by atoms with Gasteiger partial charge in [-0.2, -0.15) is 11.8 Å². The molecule has 0 spiro atoms. The van der Waals surface area contributed by atoms with Crippen LogP contribution in [-0.2, 0) is 0 Å². The van der Waals surface area contributed by atoms with Gasteiger partial charge in [-0.1, -0.05) is 33.1 Å². The fourth-order valence-corrected chi connectivity index (χ4v) is 3.22. The highest BCUT2D eigenvalue weighted by Crippen LogP contribution is 2.35. The van der Waals surface area contributed by atoms with Crippen molar-refractivity contribution in [3.63, 3.8) is 0 Å². The van der Waals surface area contributed by atoms with Gasteiger partial charge in [0.05, 0.1) is 0 Å². The quantitative estimate of drug-likeness (QED) is 0.580. The Balaban J connectivity index is 1.99. The minimum atomic E-state index is 0.946. The van der Waals surface area contributed by atoms with Gasteiger partial charge in [0.25, 0.3) is 0 Å². The molecule has 0 amide bonds. The fourth-order valence-electron chi connectivity index (χ4n) is 1.72. The lowest BCUT2D eigenvalue weighted by molar-refractivity contribution is 0.623. The first kappa shape index (κ1) is 9.44. The SMILES string of the molecule is CCCCCC1CCC(C)S1. The van der Waals surface area contributed by atoms with Gasteiger partial charge >= 0.3 is 0 Å². The molecule has 0 aromatic rings. The summed E-state index contributed by atoms with van der Waals surface area (Å²) in [6.07, 6.45) is 8.68. The van der Waals surface area contributed by atoms with E-state index in [0.717, 1.165) is 10.5 Å². The summed E-state index contributed by atoms with van der Waals surface area (Å²) >= 11 is 2.22. The summed E-state index contributed by atoms with van der Waals surface area (Å²) in [5, 5.41) is 1.96. The van der Waals surface area contributed by atoms with E-state index < -0.39 is 0 Å². The first-order valence-electron chi connectivity index (χ1n) is 4.98. The second kappa shape index (κ2) is 5.08. The predicted octanol–water partition coefficient (Wildman–Crippen LogP) is 3.85. The van der Waals surface area contributed by atoms with Gasteiger partial charge in [0.15, 0.2) is 0 Å². The summed E-state index contributed by atoms with van der Waals surface area (Å²) in [6, 6.07) is 0. The monoisotopic (exact) mass is 172 g/mol. The maximum absolute atomic E-state index is 2.37. The van der Waals surface area contributed by atoms with Crippen LogP contribution in [0.4, 0.5) is 0 Å². The standard InChI is InChI=1S/C10H20S/c1-3-4-5-6-10-8-7-9(2)11-10/h9-10H,3-8H2,1-2H3. The molecule has 66 valence electrons. The van der Waals surface area contributed by atoms with E-state index in [1.807, 2.05) is 0 Å². The van der Waals surface area contributed by atoms with Crippen LogP contribution in [0.15, 0.2) is 0 Å². The van der Waals surface area contributed by atoms with E-state index in [1.165, 1.54) is 38.5 Å². The molecule has 0 aliphatic carbocycles. The van der Waals surface area contributed by atoms with Gasteiger partial charge in [-0.3, -0.25) is 0 Å². The number of hydrogen-bond donors (Lipinski definition) is 0. The molecule has 1 heteroatoms. The average molecular weight is 172 g/mol. The van der Waals surface area contributed by atoms with Crippen molar-refractivity contribution in [2.75, 3.05) is 0 Å². The Hall–Kier alpha value is 0.350. The zero-order valence-electron chi connectivity index (χ0n) is 7.81. The zero-order chi connectivity index (χ0) is 8.10. The van der Waals surface area contributed by atoms with Crippen LogP contribution in [0.25, 0.3) is 0 Å². The van der Waals surface area contributed by atoms with Crippen LogP contribution in [-0.4, -0.2) is 10.5 Å². The van der Waals surface area contributed by atoms with Crippen molar-refractivity contribution in [1.82, 2.24) is 0 Å². The van der Waals surface area contributed by atoms with Gasteiger partial charge in [-0.15, -0.1) is 0 Å². The van der Waals surface area contributed by atoms with Crippen LogP contribution < -0.4 is 0 Å². The van der Waals surface area contributed by atoms with E-state index in [-0.39, 0.29) is 0 Å². The third kappa shape index (κ3) is 3.50. The molecule has 2 atom stereocenters. The fraction of sp³-hybridized carbons (Fsp3) is 1.00. The number of unbranched alkanes of at least 4 members (excludes halogenated alkanes) is 2. The van der Waals surface area contributed by atoms with Crippen LogP contribution in [0.1, 0.15) is 52.4 Å². The summed E-state index contributed by atoms with van der Waals surface area (Å²) in [6.45, 7) is 4.65. The van der Waals surface area contributed by atoms with Crippen LogP contribution >= 0.6 is 11.8 Å². The second-order valence-electron chi connectivity index (χ2n) is 3.64. The van der Waals surface area contributed by atoms with Crippen molar-refractivity contribution >= 4 is 11.8 Å². The minimum Gasteiger partial charge on any atom is -0.155 e. The molecular weight excluding hydrogens is 152 g/mol. The molecule has 2 unspecified atom stereocenters. The Morgan fingerprint density at radius 3 is 2.64 bits per heavy atom. The van der Waals surface area contributed by atoms with Gasteiger partial charge in [0, 0.05) is 10.5 Å². The van der Waals surface area contributed by atoms with E-state index >= 15 is 0 Å². The Morgan fingerprint density at radius 2 is 2.09 bits per heavy atom. The van der Waals surface area contributed by atoms with Gasteiger partial charge in [0.2, 0.25) is 0 Å². The first-order valence-corrected chi connectivity index (χ1v) is 5.92. The molecule has 1 rings (SSSR count). The molecule has 0 radical (unpaired) electrons. The lowest BCUT2D eigenvalue weighted by atomic mass is 10.1. The van der Waals surface area contributed by atoms with E-state index in [9.17, 15) is 0 Å². The summed E-state index contributed by atoms with van der Waals surface area (Å²) in [5.41, 5.74) is 0. The number of hydrogen-bond acceptors (Lipinski definition) is 1. The number of thioether (sulfide) groups is 1. The normalized spacial score (nSPS) is 31.1. The third-order valence-corrected chi connectivity index (χ3v) is 4.01. The lowest BCUT2D eigenvalue weighted by Gasteiger charge is -2.07. The molecule has 1 aliphatic rings. The highest BCUT2D eigenvalue weighted by Gasteiger charge is 2.20. The summed E-state index contributed by atoms with van der Waals surface area (Å²) in [7, 11) is 0. The molecule has 0 saturated carbocycles. The molecule has 0 bridgehead atoms. The molecule has 0 nitrogen and oxygen atoms in total. The maximum Gasteiger partial charge on any atom is 0.00501 e. The Kier molecular flexibility index (Phi) is 4.36. The van der Waals surface area contributed by atoms with Crippen molar-refractivity contribution in [3.8, 4) is 0 Å². The van der Waals surface area contributed by atoms with Crippen molar-refractivity contribution < 1.29 is 0 Å². The van der Waals surface area contributed by atoms with Crippen molar-refractivity contribution in [1.29, 1.82) is 0 Å². The van der Waals surface area contributed by atoms with Crippen molar-refractivity contribution in [2.45, 2.75) is 62.9 Å². The van der Waals surface area contributed by atoms with E-state index in [0.29, 0.717) is 0 Å². The third-order valence-electron chi connectivity index (χ3n) is 2.45. The summed E-state index contributed by atoms with van der Waals surface area (Å²) < 4.78 is 0. The largest absolute Gasteiger partial charge is 0.155 e. The highest BCUT2D eigenvalue weighted by molar-refractivity contribution is 8.00. The first-order chi connectivity index (χ1) is 5.33. The van der Waals surface area contributed by atoms with Crippen molar-refractivity contribution in [3.05, 3.63) is 0 Å². The molecule has 0 N–H and O–H groups in total. The van der Waals surface area contributed by atoms with Gasteiger partial charge in [0.1, 0.15) is 0 Å². The smallest absolute Gasteiger partial charge is 0.00501 e. The van der Waals surface area contributed by atoms with E-state index in [2.05, 4.69) is 25.6 Å². The summed E-state index contributed by atoms with van der Waals surface area (Å²) in [5.74, 6) is 0. The van der Waals surface area contributed by atoms with Gasteiger partial charge in [-0.05, 0) is 19.3 Å². The van der Waals surface area contributed by atoms with Gasteiger partial charge in [-0.25, -0.2) is 0 Å². The van der Waals surface area contributed by atoms with E-state index in [1.54, 1.807) is 0 Å². The zero-order valence-corrected chi connectivity index (χ0v) is 8.62. The summed E-state index contributed by atoms with van der Waals surface area (Å²) in [4.78, 5) is 0. The Bertz CT molecular complexity index is 101. The van der Waals surface area contributed by atoms with Crippen LogP contribution in [0, 0.1) is 0 Å². The predicted molar refractivity (Wildman–Crippen MR) is 54.2 cm³/mol. The number of rotatable bonds is 4. The topological polar surface area (TPSA) is 0 Å². The Labute approximate surface area is 75.1 Å². The molecule has 1 fully saturated rings. The molecule has 0 aromatic carbocycles. The van der Waals surface area contributed by atoms with Crippen LogP contribution in [0.2, 0.25) is 0 Å². The average Bonchev–Trinajstić information content (AvgIpc) is 2.37. The van der Waals surface area contributed by atoms with Crippen LogP contribution in [0.5, 0.6) is 0 Å². The minimum absolute atomic E-state index is 0.946. The lowest BCUT2D eigenvalue weighted by Crippen LogP contribution is -1.95. The van der Waals surface area contributed by atoms with Gasteiger partial charge < -0.3 is 0 Å². The molecule has 1 aliphatic heterocycles. The van der Waals surface area contributed by atoms with Crippen LogP contribution in [0.3, 0.4) is 0 Å².